The first-order valence-electron chi connectivity index (χ1n) is 8.27. The quantitative estimate of drug-likeness (QED) is 0.678. The van der Waals surface area contributed by atoms with Crippen LogP contribution >= 0.6 is 0 Å². The molecule has 1 nitrogen and oxygen atoms in total. The van der Waals surface area contributed by atoms with Gasteiger partial charge >= 0.3 is 0 Å². The number of ketones is 1. The number of benzene rings is 1. The van der Waals surface area contributed by atoms with E-state index in [9.17, 15) is 9.18 Å². The second-order valence-corrected chi connectivity index (χ2v) is 7.81. The Kier molecular flexibility index (Phi) is 2.68. The maximum atomic E-state index is 13.5. The van der Waals surface area contributed by atoms with Gasteiger partial charge in [0, 0.05) is 11.8 Å². The summed E-state index contributed by atoms with van der Waals surface area (Å²) in [5, 5.41) is 0. The molecule has 4 rings (SSSR count). The standard InChI is InChI=1S/C19H23FO/c1-18-10-8-17(21)19(18,2)9-7-15-14-5-4-13(20)11-12(14)3-6-16(15)18/h4-5,11,15-16H,3,6-10H2,1-2H3/t15-,16-,18+,19-/m1/s1/i20-1. The van der Waals surface area contributed by atoms with Crippen molar-refractivity contribution < 1.29 is 9.18 Å². The Morgan fingerprint density at radius 2 is 1.95 bits per heavy atom. The number of hydrogen-bond acceptors (Lipinski definition) is 1. The van der Waals surface area contributed by atoms with Gasteiger partial charge in [0.2, 0.25) is 0 Å². The maximum Gasteiger partial charge on any atom is 0.139 e. The first-order chi connectivity index (χ1) is 9.96. The molecule has 0 N–H and O–H groups in total. The number of aryl methyl sites for hydroxylation is 1. The van der Waals surface area contributed by atoms with Crippen molar-refractivity contribution in [1.82, 2.24) is 0 Å². The SMILES string of the molecule is C[C@@]12CCC(=O)[C@@]1(C)CC[C@@H]1c3ccc([18F])cc3CC[C@H]12. The minimum atomic E-state index is -0.119. The zero-order chi connectivity index (χ0) is 14.8. The molecule has 0 aromatic heterocycles. The van der Waals surface area contributed by atoms with Crippen LogP contribution in [0.1, 0.15) is 63.0 Å². The van der Waals surface area contributed by atoms with E-state index in [1.807, 2.05) is 6.07 Å². The highest BCUT2D eigenvalue weighted by molar-refractivity contribution is 5.88. The van der Waals surface area contributed by atoms with Crippen molar-refractivity contribution in [2.45, 2.75) is 58.3 Å². The van der Waals surface area contributed by atoms with Crippen LogP contribution < -0.4 is 0 Å². The number of halogens is 1. The summed E-state index contributed by atoms with van der Waals surface area (Å²) in [6, 6.07) is 5.34. The molecular formula is C19H23FO. The van der Waals surface area contributed by atoms with Gasteiger partial charge in [-0.15, -0.1) is 0 Å². The molecule has 0 aliphatic heterocycles. The Labute approximate surface area is 125 Å². The number of fused-ring (bicyclic) bond motifs is 5. The molecule has 1 aromatic rings. The van der Waals surface area contributed by atoms with E-state index in [0.29, 0.717) is 17.6 Å². The highest BCUT2D eigenvalue weighted by atomic mass is 18.2. The highest BCUT2D eigenvalue weighted by Crippen LogP contribution is 2.66. The Morgan fingerprint density at radius 3 is 2.76 bits per heavy atom. The second-order valence-electron chi connectivity index (χ2n) is 7.81. The molecule has 0 saturated heterocycles. The van der Waals surface area contributed by atoms with Crippen LogP contribution in [0.15, 0.2) is 18.2 Å². The second kappa shape index (κ2) is 4.18. The lowest BCUT2D eigenvalue weighted by Crippen LogP contribution is -2.49. The lowest BCUT2D eigenvalue weighted by Gasteiger charge is -2.55. The molecule has 0 amide bonds. The van der Waals surface area contributed by atoms with Crippen LogP contribution in [0.5, 0.6) is 0 Å². The van der Waals surface area contributed by atoms with E-state index >= 15 is 0 Å². The van der Waals surface area contributed by atoms with Crippen LogP contribution in [0.3, 0.4) is 0 Å². The number of carbonyl (C=O) groups is 1. The van der Waals surface area contributed by atoms with Gasteiger partial charge in [-0.3, -0.25) is 4.79 Å². The van der Waals surface area contributed by atoms with Gasteiger partial charge < -0.3 is 0 Å². The number of rotatable bonds is 0. The third-order valence-corrected chi connectivity index (χ3v) is 7.24. The lowest BCUT2D eigenvalue weighted by molar-refractivity contribution is -0.135. The predicted octanol–water partition coefficient (Wildman–Crippen LogP) is 4.64. The minimum absolute atomic E-state index is 0.116. The largest absolute Gasteiger partial charge is 0.299 e. The molecule has 0 unspecified atom stereocenters. The molecule has 21 heavy (non-hydrogen) atoms. The molecule has 1 aromatic carbocycles. The van der Waals surface area contributed by atoms with Crippen LogP contribution in [0.4, 0.5) is 4.39 Å². The third kappa shape index (κ3) is 1.59. The molecule has 2 fully saturated rings. The molecule has 4 atom stereocenters. The first-order valence-corrected chi connectivity index (χ1v) is 8.27. The highest BCUT2D eigenvalue weighted by Gasteiger charge is 2.61. The van der Waals surface area contributed by atoms with Crippen molar-refractivity contribution in [2.75, 3.05) is 0 Å². The van der Waals surface area contributed by atoms with E-state index < -0.39 is 0 Å². The summed E-state index contributed by atoms with van der Waals surface area (Å²) in [4.78, 5) is 12.5. The average molecular weight is 285 g/mol. The summed E-state index contributed by atoms with van der Waals surface area (Å²) in [6.07, 6.45) is 5.96. The molecule has 0 radical (unpaired) electrons. The van der Waals surface area contributed by atoms with Crippen LogP contribution in [0.2, 0.25) is 0 Å². The van der Waals surface area contributed by atoms with E-state index in [1.54, 1.807) is 12.1 Å². The van der Waals surface area contributed by atoms with E-state index in [-0.39, 0.29) is 16.6 Å². The molecule has 112 valence electrons. The summed E-state index contributed by atoms with van der Waals surface area (Å²) >= 11 is 0. The zero-order valence-corrected chi connectivity index (χ0v) is 12.9. The van der Waals surface area contributed by atoms with Gasteiger partial charge in [-0.2, -0.15) is 0 Å². The molecule has 2 heteroatoms. The van der Waals surface area contributed by atoms with Crippen molar-refractivity contribution in [2.24, 2.45) is 16.7 Å². The van der Waals surface area contributed by atoms with E-state index in [4.69, 9.17) is 0 Å². The van der Waals surface area contributed by atoms with Gasteiger partial charge in [0.05, 0.1) is 0 Å². The fourth-order valence-corrected chi connectivity index (χ4v) is 5.71. The van der Waals surface area contributed by atoms with Crippen LogP contribution in [0, 0.1) is 22.6 Å². The van der Waals surface area contributed by atoms with Gasteiger partial charge in [0.25, 0.3) is 0 Å². The Balaban J connectivity index is 1.78. The molecule has 0 heterocycles. The summed E-state index contributed by atoms with van der Waals surface area (Å²) in [7, 11) is 0. The Morgan fingerprint density at radius 1 is 1.14 bits per heavy atom. The monoisotopic (exact) mass is 285 g/mol. The molecule has 0 bridgehead atoms. The fourth-order valence-electron chi connectivity index (χ4n) is 5.71. The average Bonchev–Trinajstić information content (AvgIpc) is 2.71. The number of hydrogen-bond donors (Lipinski definition) is 0. The van der Waals surface area contributed by atoms with Gasteiger partial charge in [0.15, 0.2) is 0 Å². The normalized spacial score (nSPS) is 41.4. The fraction of sp³-hybridized carbons (Fsp3) is 0.632. The summed E-state index contributed by atoms with van der Waals surface area (Å²) in [5.74, 6) is 1.47. The molecule has 2 saturated carbocycles. The van der Waals surface area contributed by atoms with Crippen LogP contribution in [-0.4, -0.2) is 5.78 Å². The summed E-state index contributed by atoms with van der Waals surface area (Å²) in [5.41, 5.74) is 2.58. The van der Waals surface area contributed by atoms with Crippen molar-refractivity contribution in [3.63, 3.8) is 0 Å². The third-order valence-electron chi connectivity index (χ3n) is 7.24. The lowest BCUT2D eigenvalue weighted by atomic mass is 9.48. The molecule has 3 aliphatic rings. The summed E-state index contributed by atoms with van der Waals surface area (Å²) in [6.45, 7) is 4.56. The van der Waals surface area contributed by atoms with Gasteiger partial charge in [-0.05, 0) is 72.6 Å². The van der Waals surface area contributed by atoms with Crippen molar-refractivity contribution >= 4 is 5.78 Å². The van der Waals surface area contributed by atoms with Gasteiger partial charge in [0.1, 0.15) is 11.6 Å². The number of carbonyl (C=O) groups excluding carboxylic acids is 1. The van der Waals surface area contributed by atoms with E-state index in [1.165, 1.54) is 11.1 Å². The predicted molar refractivity (Wildman–Crippen MR) is 80.6 cm³/mol. The topological polar surface area (TPSA) is 17.1 Å². The first kappa shape index (κ1) is 13.5. The zero-order valence-electron chi connectivity index (χ0n) is 12.9. The van der Waals surface area contributed by atoms with Crippen molar-refractivity contribution in [3.05, 3.63) is 35.1 Å². The van der Waals surface area contributed by atoms with Gasteiger partial charge in [-0.25, -0.2) is 4.39 Å². The molecule has 0 spiro atoms. The minimum Gasteiger partial charge on any atom is -0.299 e. The van der Waals surface area contributed by atoms with Gasteiger partial charge in [-0.1, -0.05) is 19.9 Å². The Bertz CT molecular complexity index is 622. The maximum absolute atomic E-state index is 13.5. The van der Waals surface area contributed by atoms with E-state index in [2.05, 4.69) is 13.8 Å². The molecule has 3 aliphatic carbocycles. The molecular weight excluding hydrogens is 262 g/mol. The van der Waals surface area contributed by atoms with Crippen LogP contribution in [-0.2, 0) is 11.2 Å². The van der Waals surface area contributed by atoms with Crippen molar-refractivity contribution in [1.29, 1.82) is 0 Å². The van der Waals surface area contributed by atoms with Crippen LogP contribution in [0.25, 0.3) is 0 Å². The Hall–Kier alpha value is -1.18. The van der Waals surface area contributed by atoms with Crippen molar-refractivity contribution in [3.8, 4) is 0 Å². The summed E-state index contributed by atoms with van der Waals surface area (Å²) < 4.78 is 13.5. The number of Topliss-reactive ketones (excluding diaryl/α,β-unsaturated/α-hetero) is 1. The smallest absolute Gasteiger partial charge is 0.139 e. The van der Waals surface area contributed by atoms with E-state index in [0.717, 1.165) is 38.5 Å².